The van der Waals surface area contributed by atoms with Crippen LogP contribution in [0.2, 0.25) is 0 Å². The molecule has 1 aliphatic heterocycles. The molecule has 1 heterocycles. The Balaban J connectivity index is 1.45. The molecule has 1 saturated heterocycles. The first-order valence-corrected chi connectivity index (χ1v) is 15.8. The molecule has 0 radical (unpaired) electrons. The number of aromatic hydroxyl groups is 1. The number of nitrogens with one attached hydrogen (secondary N) is 2. The Kier molecular flexibility index (Phi) is 9.97. The number of carboxylic acids is 1. The van der Waals surface area contributed by atoms with Crippen LogP contribution in [0.4, 0.5) is 0 Å². The number of hydrogen-bond acceptors (Lipinski definition) is 5. The third-order valence-electron chi connectivity index (χ3n) is 7.19. The molecule has 4 rings (SSSR count). The molecule has 3 aromatic carbocycles. The fourth-order valence-corrected chi connectivity index (χ4v) is 7.91. The zero-order valence-electron chi connectivity index (χ0n) is 23.0. The van der Waals surface area contributed by atoms with Gasteiger partial charge in [0, 0.05) is 25.3 Å². The van der Waals surface area contributed by atoms with Crippen LogP contribution in [-0.4, -0.2) is 57.6 Å². The van der Waals surface area contributed by atoms with Crippen LogP contribution in [0.3, 0.4) is 0 Å². The highest BCUT2D eigenvalue weighted by molar-refractivity contribution is 7.60. The molecule has 10 heteroatoms. The summed E-state index contributed by atoms with van der Waals surface area (Å²) >= 11 is 0. The molecule has 3 aromatic rings. The third kappa shape index (κ3) is 8.28. The van der Waals surface area contributed by atoms with E-state index in [9.17, 15) is 29.2 Å². The fourth-order valence-electron chi connectivity index (χ4n) is 5.20. The van der Waals surface area contributed by atoms with Gasteiger partial charge in [-0.15, -0.1) is 0 Å². The van der Waals surface area contributed by atoms with Crippen molar-refractivity contribution >= 4 is 25.1 Å². The van der Waals surface area contributed by atoms with E-state index in [0.717, 1.165) is 11.1 Å². The quantitative estimate of drug-likeness (QED) is 0.238. The van der Waals surface area contributed by atoms with Crippen LogP contribution in [0.1, 0.15) is 36.5 Å². The number of phenols is 1. The van der Waals surface area contributed by atoms with Crippen molar-refractivity contribution in [2.45, 2.75) is 56.6 Å². The van der Waals surface area contributed by atoms with Crippen molar-refractivity contribution in [1.82, 2.24) is 15.3 Å². The summed E-state index contributed by atoms with van der Waals surface area (Å²) < 4.78 is 14.3. The van der Waals surface area contributed by atoms with Crippen molar-refractivity contribution in [3.05, 3.63) is 102 Å². The van der Waals surface area contributed by atoms with E-state index in [0.29, 0.717) is 24.9 Å². The largest absolute Gasteiger partial charge is 0.508 e. The summed E-state index contributed by atoms with van der Waals surface area (Å²) in [6, 6.07) is 22.2. The molecule has 0 aliphatic carbocycles. The Bertz CT molecular complexity index is 1340. The molecule has 0 spiro atoms. The average molecular weight is 578 g/mol. The minimum atomic E-state index is -3.13. The maximum absolute atomic E-state index is 14.3. The van der Waals surface area contributed by atoms with Crippen molar-refractivity contribution < 1.29 is 29.2 Å². The Hall–Kier alpha value is -3.94. The van der Waals surface area contributed by atoms with E-state index < -0.39 is 37.3 Å². The number of nitrogens with zero attached hydrogens (tertiary/aromatic N) is 1. The number of hydrogen-bond donors (Lipinski definition) is 4. The Morgan fingerprint density at radius 1 is 0.902 bits per heavy atom. The van der Waals surface area contributed by atoms with Crippen LogP contribution in [0.25, 0.3) is 0 Å². The van der Waals surface area contributed by atoms with Gasteiger partial charge in [0.15, 0.2) is 7.29 Å². The van der Waals surface area contributed by atoms with Gasteiger partial charge in [0.05, 0.1) is 6.04 Å². The highest BCUT2D eigenvalue weighted by Crippen LogP contribution is 2.49. The predicted molar refractivity (Wildman–Crippen MR) is 157 cm³/mol. The van der Waals surface area contributed by atoms with E-state index in [-0.39, 0.29) is 30.4 Å². The lowest BCUT2D eigenvalue weighted by atomic mass is 10.0. The zero-order chi connectivity index (χ0) is 29.4. The summed E-state index contributed by atoms with van der Waals surface area (Å²) in [5, 5.41) is 24.9. The summed E-state index contributed by atoms with van der Waals surface area (Å²) in [5.41, 5.74) is 2.43. The first-order valence-electron chi connectivity index (χ1n) is 13.7. The Morgan fingerprint density at radius 2 is 1.46 bits per heavy atom. The molecule has 2 amide bonds. The number of carbonyl (C=O) groups excluding carboxylic acids is 2. The number of likely N-dealkylation sites (tertiary alicyclic amines) is 1. The van der Waals surface area contributed by atoms with E-state index in [1.54, 1.807) is 19.1 Å². The highest BCUT2D eigenvalue weighted by atomic mass is 31.2. The molecule has 4 N–H and O–H groups in total. The van der Waals surface area contributed by atoms with Gasteiger partial charge in [-0.3, -0.25) is 14.7 Å². The molecular formula is C31H36N3O6P. The van der Waals surface area contributed by atoms with E-state index in [1.807, 2.05) is 60.7 Å². The van der Waals surface area contributed by atoms with Gasteiger partial charge in [-0.25, -0.2) is 4.79 Å². The van der Waals surface area contributed by atoms with Crippen LogP contribution >= 0.6 is 7.29 Å². The lowest BCUT2D eigenvalue weighted by Gasteiger charge is -2.30. The molecule has 0 saturated carbocycles. The van der Waals surface area contributed by atoms with Crippen molar-refractivity contribution in [1.29, 1.82) is 0 Å². The molecule has 0 bridgehead atoms. The standard InChI is InChI=1S/C31H36N3O6P/c1-22(33-41(40,20-24-9-4-2-5-10-24)21-25-11-6-3-7-12-25)30(37)34-18-8-13-28(34)29(36)32-27(31(38)39)19-23-14-16-26(35)17-15-23/h2-7,9-12,14-17,22,27-28,35H,8,13,18-21H2,1H3,(H,32,36)(H,33,40)(H,38,39)/t22-,27-,28-/m0/s1. The lowest BCUT2D eigenvalue weighted by molar-refractivity contribution is -0.144. The van der Waals surface area contributed by atoms with Crippen LogP contribution in [-0.2, 0) is 37.7 Å². The Morgan fingerprint density at radius 3 is 2.00 bits per heavy atom. The average Bonchev–Trinajstić information content (AvgIpc) is 3.44. The van der Waals surface area contributed by atoms with Crippen molar-refractivity contribution in [2.24, 2.45) is 0 Å². The second-order valence-corrected chi connectivity index (χ2v) is 13.2. The summed E-state index contributed by atoms with van der Waals surface area (Å²) in [6.45, 7) is 2.00. The monoisotopic (exact) mass is 577 g/mol. The molecule has 1 aliphatic rings. The van der Waals surface area contributed by atoms with Gasteiger partial charge in [-0.2, -0.15) is 0 Å². The maximum atomic E-state index is 14.3. The van der Waals surface area contributed by atoms with Gasteiger partial charge < -0.3 is 25.0 Å². The molecule has 9 nitrogen and oxygen atoms in total. The van der Waals surface area contributed by atoms with Crippen LogP contribution in [0, 0.1) is 0 Å². The number of carbonyl (C=O) groups is 3. The molecule has 0 aromatic heterocycles. The van der Waals surface area contributed by atoms with Crippen LogP contribution in [0.15, 0.2) is 84.9 Å². The van der Waals surface area contributed by atoms with E-state index in [2.05, 4.69) is 10.4 Å². The molecule has 0 unspecified atom stereocenters. The second kappa shape index (κ2) is 13.6. The lowest BCUT2D eigenvalue weighted by Crippen LogP contribution is -2.54. The highest BCUT2D eigenvalue weighted by Gasteiger charge is 2.39. The first kappa shape index (κ1) is 30.0. The summed E-state index contributed by atoms with van der Waals surface area (Å²) in [5.74, 6) is -2.02. The number of carboxylic acid groups (broad SMARTS) is 1. The normalized spacial score (nSPS) is 16.6. The number of phenolic OH excluding ortho intramolecular Hbond substituents is 1. The number of amides is 2. The van der Waals surface area contributed by atoms with E-state index in [4.69, 9.17) is 0 Å². The van der Waals surface area contributed by atoms with Crippen molar-refractivity contribution in [2.75, 3.05) is 6.54 Å². The topological polar surface area (TPSA) is 136 Å². The predicted octanol–water partition coefficient (Wildman–Crippen LogP) is 4.15. The van der Waals surface area contributed by atoms with E-state index in [1.165, 1.54) is 17.0 Å². The van der Waals surface area contributed by atoms with Gasteiger partial charge in [0.1, 0.15) is 17.8 Å². The van der Waals surface area contributed by atoms with Gasteiger partial charge in [-0.05, 0) is 48.6 Å². The third-order valence-corrected chi connectivity index (χ3v) is 9.80. The number of aliphatic carboxylic acids is 1. The molecular weight excluding hydrogens is 541 g/mol. The molecule has 41 heavy (non-hydrogen) atoms. The van der Waals surface area contributed by atoms with Gasteiger partial charge >= 0.3 is 5.97 Å². The zero-order valence-corrected chi connectivity index (χ0v) is 23.9. The molecule has 1 fully saturated rings. The van der Waals surface area contributed by atoms with Crippen molar-refractivity contribution in [3.63, 3.8) is 0 Å². The molecule has 216 valence electrons. The first-order chi connectivity index (χ1) is 19.6. The van der Waals surface area contributed by atoms with Crippen LogP contribution in [0.5, 0.6) is 5.75 Å². The summed E-state index contributed by atoms with van der Waals surface area (Å²) in [7, 11) is -3.13. The minimum Gasteiger partial charge on any atom is -0.508 e. The maximum Gasteiger partial charge on any atom is 0.326 e. The Labute approximate surface area is 240 Å². The summed E-state index contributed by atoms with van der Waals surface area (Å²) in [4.78, 5) is 40.2. The SMILES string of the molecule is C[C@H](NP(=O)(Cc1ccccc1)Cc1ccccc1)C(=O)N1CCC[C@H]1C(=O)N[C@@H](Cc1ccc(O)cc1)C(=O)O. The second-order valence-electron chi connectivity index (χ2n) is 10.5. The van der Waals surface area contributed by atoms with E-state index >= 15 is 0 Å². The number of rotatable bonds is 12. The number of benzene rings is 3. The molecule has 3 atom stereocenters. The van der Waals surface area contributed by atoms with Gasteiger partial charge in [0.2, 0.25) is 11.8 Å². The minimum absolute atomic E-state index is 0.0299. The van der Waals surface area contributed by atoms with Gasteiger partial charge in [0.25, 0.3) is 0 Å². The van der Waals surface area contributed by atoms with Gasteiger partial charge in [-0.1, -0.05) is 72.8 Å². The smallest absolute Gasteiger partial charge is 0.326 e. The fraction of sp³-hybridized carbons (Fsp3) is 0.323. The van der Waals surface area contributed by atoms with Crippen LogP contribution < -0.4 is 10.4 Å². The van der Waals surface area contributed by atoms with Crippen molar-refractivity contribution in [3.8, 4) is 5.75 Å². The summed E-state index contributed by atoms with van der Waals surface area (Å²) in [6.07, 6.45) is 1.56.